The van der Waals surface area contributed by atoms with Gasteiger partial charge in [-0.25, -0.2) is 9.97 Å². The molecule has 1 aromatic heterocycles. The Balaban J connectivity index is 2.01. The molecule has 2 heterocycles. The predicted molar refractivity (Wildman–Crippen MR) is 83.2 cm³/mol. The lowest BCUT2D eigenvalue weighted by molar-refractivity contribution is -0.383. The first-order chi connectivity index (χ1) is 10.6. The van der Waals surface area contributed by atoms with Crippen LogP contribution in [-0.4, -0.2) is 65.2 Å². The Hall–Kier alpha value is -2.00. The molecule has 1 fully saturated rings. The number of hydrogen-bond acceptors (Lipinski definition) is 8. The average molecular weight is 310 g/mol. The molecule has 0 spiro atoms. The van der Waals surface area contributed by atoms with Crippen molar-refractivity contribution in [2.24, 2.45) is 0 Å². The molecule has 0 saturated carbocycles. The highest BCUT2D eigenvalue weighted by Crippen LogP contribution is 2.29. The van der Waals surface area contributed by atoms with E-state index in [-0.39, 0.29) is 23.4 Å². The molecular weight excluding hydrogens is 288 g/mol. The van der Waals surface area contributed by atoms with Gasteiger partial charge in [-0.1, -0.05) is 0 Å². The number of hydrogen-bond donors (Lipinski definition) is 2. The lowest BCUT2D eigenvalue weighted by Crippen LogP contribution is -2.39. The predicted octanol–water partition coefficient (Wildman–Crippen LogP) is 0.949. The summed E-state index contributed by atoms with van der Waals surface area (Å²) in [4.78, 5) is 21.1. The Kier molecular flexibility index (Phi) is 5.84. The number of rotatable bonds is 7. The number of anilines is 2. The maximum atomic E-state index is 11.3. The second kappa shape index (κ2) is 7.85. The summed E-state index contributed by atoms with van der Waals surface area (Å²) in [6, 6.07) is 0.0507. The normalized spacial score (nSPS) is 15.8. The summed E-state index contributed by atoms with van der Waals surface area (Å²) < 4.78 is 5.29. The molecule has 1 saturated heterocycles. The lowest BCUT2D eigenvalue weighted by atomic mass is 10.3. The third kappa shape index (κ3) is 4.50. The van der Waals surface area contributed by atoms with Gasteiger partial charge in [0.25, 0.3) is 0 Å². The number of nitrogens with one attached hydrogen (secondary N) is 2. The van der Waals surface area contributed by atoms with Crippen LogP contribution < -0.4 is 10.6 Å². The van der Waals surface area contributed by atoms with Crippen molar-refractivity contribution in [3.63, 3.8) is 0 Å². The van der Waals surface area contributed by atoms with Crippen molar-refractivity contribution in [2.45, 2.75) is 19.9 Å². The Morgan fingerprint density at radius 2 is 2.05 bits per heavy atom. The highest BCUT2D eigenvalue weighted by molar-refractivity contribution is 5.69. The van der Waals surface area contributed by atoms with Gasteiger partial charge >= 0.3 is 5.69 Å². The second-order valence-electron chi connectivity index (χ2n) is 5.36. The summed E-state index contributed by atoms with van der Waals surface area (Å²) in [6.07, 6.45) is 1.33. The van der Waals surface area contributed by atoms with Gasteiger partial charge in [-0.05, 0) is 13.8 Å². The first kappa shape index (κ1) is 16.4. The zero-order chi connectivity index (χ0) is 15.9. The highest BCUT2D eigenvalue weighted by atomic mass is 16.6. The number of nitrogens with zero attached hydrogens (tertiary/aromatic N) is 4. The molecule has 9 heteroatoms. The summed E-state index contributed by atoms with van der Waals surface area (Å²) in [5.74, 6) is 0.486. The third-order valence-corrected chi connectivity index (χ3v) is 3.25. The Morgan fingerprint density at radius 1 is 1.36 bits per heavy atom. The van der Waals surface area contributed by atoms with Crippen LogP contribution in [0.1, 0.15) is 13.8 Å². The van der Waals surface area contributed by atoms with Gasteiger partial charge < -0.3 is 15.4 Å². The van der Waals surface area contributed by atoms with E-state index in [2.05, 4.69) is 25.5 Å². The van der Waals surface area contributed by atoms with Gasteiger partial charge in [0, 0.05) is 32.2 Å². The monoisotopic (exact) mass is 310 g/mol. The van der Waals surface area contributed by atoms with Gasteiger partial charge in [-0.3, -0.25) is 15.0 Å². The summed E-state index contributed by atoms with van der Waals surface area (Å²) in [6.45, 7) is 8.40. The molecule has 1 aliphatic rings. The highest BCUT2D eigenvalue weighted by Gasteiger charge is 2.23. The zero-order valence-electron chi connectivity index (χ0n) is 12.9. The molecule has 2 N–H and O–H groups in total. The lowest BCUT2D eigenvalue weighted by Gasteiger charge is -2.26. The number of aromatic nitrogens is 2. The molecule has 22 heavy (non-hydrogen) atoms. The van der Waals surface area contributed by atoms with Gasteiger partial charge in [0.1, 0.15) is 6.33 Å². The van der Waals surface area contributed by atoms with Crippen LogP contribution in [-0.2, 0) is 4.74 Å². The van der Waals surface area contributed by atoms with Crippen molar-refractivity contribution in [3.8, 4) is 0 Å². The van der Waals surface area contributed by atoms with Crippen molar-refractivity contribution in [1.29, 1.82) is 0 Å². The molecule has 0 aromatic carbocycles. The molecule has 122 valence electrons. The topological polar surface area (TPSA) is 105 Å². The SMILES string of the molecule is CC(C)Nc1ncnc(NCCN2CCOCC2)c1[N+](=O)[O-]. The molecule has 1 aliphatic heterocycles. The van der Waals surface area contributed by atoms with Gasteiger partial charge in [-0.2, -0.15) is 0 Å². The van der Waals surface area contributed by atoms with Crippen molar-refractivity contribution < 1.29 is 9.66 Å². The standard InChI is InChI=1S/C13H22N6O3/c1-10(2)17-13-11(19(20)21)12(15-9-16-13)14-3-4-18-5-7-22-8-6-18/h9-10H,3-8H2,1-2H3,(H2,14,15,16,17). The minimum atomic E-state index is -0.457. The van der Waals surface area contributed by atoms with E-state index in [1.54, 1.807) is 0 Å². The van der Waals surface area contributed by atoms with E-state index in [0.29, 0.717) is 6.54 Å². The molecule has 0 aliphatic carbocycles. The molecule has 0 radical (unpaired) electrons. The van der Waals surface area contributed by atoms with E-state index < -0.39 is 4.92 Å². The minimum Gasteiger partial charge on any atom is -0.379 e. The molecule has 0 amide bonds. The maximum Gasteiger partial charge on any atom is 0.353 e. The van der Waals surface area contributed by atoms with Crippen LogP contribution in [0.5, 0.6) is 0 Å². The second-order valence-corrected chi connectivity index (χ2v) is 5.36. The molecule has 0 bridgehead atoms. The van der Waals surface area contributed by atoms with Crippen LogP contribution in [0.2, 0.25) is 0 Å². The quantitative estimate of drug-likeness (QED) is 0.566. The van der Waals surface area contributed by atoms with Crippen LogP contribution in [0, 0.1) is 10.1 Å². The first-order valence-electron chi connectivity index (χ1n) is 7.38. The summed E-state index contributed by atoms with van der Waals surface area (Å²) in [7, 11) is 0. The van der Waals surface area contributed by atoms with Crippen LogP contribution in [0.25, 0.3) is 0 Å². The molecule has 9 nitrogen and oxygen atoms in total. The number of ether oxygens (including phenoxy) is 1. The molecular formula is C13H22N6O3. The van der Waals surface area contributed by atoms with Gasteiger partial charge in [0.2, 0.25) is 11.6 Å². The van der Waals surface area contributed by atoms with E-state index in [9.17, 15) is 10.1 Å². The Bertz CT molecular complexity index is 505. The fraction of sp³-hybridized carbons (Fsp3) is 0.692. The van der Waals surface area contributed by atoms with Crippen LogP contribution >= 0.6 is 0 Å². The van der Waals surface area contributed by atoms with E-state index >= 15 is 0 Å². The molecule has 2 rings (SSSR count). The van der Waals surface area contributed by atoms with E-state index in [4.69, 9.17) is 4.74 Å². The van der Waals surface area contributed by atoms with Crippen molar-refractivity contribution in [3.05, 3.63) is 16.4 Å². The summed E-state index contributed by atoms with van der Waals surface area (Å²) in [5.41, 5.74) is -0.113. The van der Waals surface area contributed by atoms with Gasteiger partial charge in [-0.15, -0.1) is 0 Å². The smallest absolute Gasteiger partial charge is 0.353 e. The molecule has 0 atom stereocenters. The van der Waals surface area contributed by atoms with Crippen molar-refractivity contribution >= 4 is 17.3 Å². The Labute approximate surface area is 129 Å². The number of nitro groups is 1. The maximum absolute atomic E-state index is 11.3. The summed E-state index contributed by atoms with van der Waals surface area (Å²) >= 11 is 0. The summed E-state index contributed by atoms with van der Waals surface area (Å²) in [5, 5.41) is 17.3. The van der Waals surface area contributed by atoms with Crippen LogP contribution in [0.15, 0.2) is 6.33 Å². The van der Waals surface area contributed by atoms with Crippen LogP contribution in [0.4, 0.5) is 17.3 Å². The number of morpholine rings is 1. The largest absolute Gasteiger partial charge is 0.379 e. The fourth-order valence-corrected chi connectivity index (χ4v) is 2.22. The van der Waals surface area contributed by atoms with E-state index in [1.165, 1.54) is 6.33 Å². The zero-order valence-corrected chi connectivity index (χ0v) is 12.9. The van der Waals surface area contributed by atoms with Crippen molar-refractivity contribution in [2.75, 3.05) is 50.0 Å². The fourth-order valence-electron chi connectivity index (χ4n) is 2.22. The van der Waals surface area contributed by atoms with Crippen molar-refractivity contribution in [1.82, 2.24) is 14.9 Å². The Morgan fingerprint density at radius 3 is 2.68 bits per heavy atom. The average Bonchev–Trinajstić information content (AvgIpc) is 2.47. The minimum absolute atomic E-state index is 0.0507. The third-order valence-electron chi connectivity index (χ3n) is 3.25. The molecule has 1 aromatic rings. The first-order valence-corrected chi connectivity index (χ1v) is 7.38. The van der Waals surface area contributed by atoms with Gasteiger partial charge in [0.05, 0.1) is 18.1 Å². The molecule has 0 unspecified atom stereocenters. The van der Waals surface area contributed by atoms with E-state index in [0.717, 1.165) is 32.8 Å². The van der Waals surface area contributed by atoms with Gasteiger partial charge in [0.15, 0.2) is 0 Å². The van der Waals surface area contributed by atoms with Crippen LogP contribution in [0.3, 0.4) is 0 Å². The van der Waals surface area contributed by atoms with E-state index in [1.807, 2.05) is 13.8 Å².